The molecule has 0 saturated heterocycles. The van der Waals surface area contributed by atoms with Gasteiger partial charge >= 0.3 is 0 Å². The Labute approximate surface area is 127 Å². The minimum atomic E-state index is -0.580. The van der Waals surface area contributed by atoms with Crippen LogP contribution in [0.3, 0.4) is 0 Å². The number of non-ortho nitro benzene ring substituents is 1. The van der Waals surface area contributed by atoms with E-state index >= 15 is 0 Å². The molecule has 0 fully saturated rings. The summed E-state index contributed by atoms with van der Waals surface area (Å²) in [5.41, 5.74) is 5.77. The fraction of sp³-hybridized carbons (Fsp3) is 0.429. The third-order valence-electron chi connectivity index (χ3n) is 4.07. The predicted molar refractivity (Wildman–Crippen MR) is 82.5 cm³/mol. The van der Waals surface area contributed by atoms with Crippen molar-refractivity contribution in [3.63, 3.8) is 0 Å². The topological polar surface area (TPSA) is 127 Å². The summed E-state index contributed by atoms with van der Waals surface area (Å²) in [6, 6.07) is 4.23. The molecule has 1 aromatic heterocycles. The molecule has 1 heterocycles. The Morgan fingerprint density at radius 2 is 2.23 bits per heavy atom. The van der Waals surface area contributed by atoms with Crippen molar-refractivity contribution in [2.45, 2.75) is 26.3 Å². The van der Waals surface area contributed by atoms with Gasteiger partial charge in [-0.3, -0.25) is 20.0 Å². The van der Waals surface area contributed by atoms with Crippen LogP contribution in [0.15, 0.2) is 18.2 Å². The molecule has 0 aliphatic heterocycles. The number of nitro groups is 1. The van der Waals surface area contributed by atoms with Gasteiger partial charge in [-0.15, -0.1) is 0 Å². The quantitative estimate of drug-likeness (QED) is 0.571. The van der Waals surface area contributed by atoms with Crippen molar-refractivity contribution in [3.8, 4) is 0 Å². The zero-order chi connectivity index (χ0) is 16.5. The number of hydrogen-bond acceptors (Lipinski definition) is 5. The summed E-state index contributed by atoms with van der Waals surface area (Å²) in [5, 5.41) is 20.8. The summed E-state index contributed by atoms with van der Waals surface area (Å²) in [5.74, 6) is -0.283. The molecular formula is C14H19N5O3. The molecule has 2 rings (SSSR count). The first-order chi connectivity index (χ1) is 10.3. The lowest BCUT2D eigenvalue weighted by atomic mass is 9.88. The Kier molecular flexibility index (Phi) is 4.14. The Hall–Kier alpha value is -2.48. The van der Waals surface area contributed by atoms with Gasteiger partial charge in [0.05, 0.1) is 16.0 Å². The van der Waals surface area contributed by atoms with Gasteiger partial charge in [0.15, 0.2) is 5.69 Å². The number of aromatic amines is 1. The van der Waals surface area contributed by atoms with Gasteiger partial charge in [-0.2, -0.15) is 5.10 Å². The molecule has 0 aliphatic rings. The molecule has 0 radical (unpaired) electrons. The molecule has 0 bridgehead atoms. The van der Waals surface area contributed by atoms with E-state index in [4.69, 9.17) is 5.73 Å². The van der Waals surface area contributed by atoms with Crippen molar-refractivity contribution in [1.82, 2.24) is 15.5 Å². The number of nitrogens with two attached hydrogens (primary N) is 1. The first kappa shape index (κ1) is 15.9. The normalized spacial score (nSPS) is 14.0. The van der Waals surface area contributed by atoms with Crippen molar-refractivity contribution in [3.05, 3.63) is 34.0 Å². The molecule has 8 nitrogen and oxygen atoms in total. The Morgan fingerprint density at radius 1 is 1.55 bits per heavy atom. The van der Waals surface area contributed by atoms with Crippen LogP contribution in [0.1, 0.15) is 31.3 Å². The van der Waals surface area contributed by atoms with Crippen molar-refractivity contribution in [1.29, 1.82) is 0 Å². The molecule has 0 spiro atoms. The van der Waals surface area contributed by atoms with Crippen LogP contribution in [0.2, 0.25) is 0 Å². The second kappa shape index (κ2) is 5.72. The van der Waals surface area contributed by atoms with E-state index in [1.807, 2.05) is 20.8 Å². The van der Waals surface area contributed by atoms with Crippen LogP contribution < -0.4 is 11.1 Å². The number of nitrogens with zero attached hydrogens (tertiary/aromatic N) is 2. The summed E-state index contributed by atoms with van der Waals surface area (Å²) >= 11 is 0. The first-order valence-electron chi connectivity index (χ1n) is 6.93. The molecule has 1 aromatic carbocycles. The number of fused-ring (bicyclic) bond motifs is 1. The van der Waals surface area contributed by atoms with Crippen LogP contribution in [0.25, 0.3) is 10.9 Å². The number of hydrogen-bond donors (Lipinski definition) is 3. The number of nitrogens with one attached hydrogen (secondary N) is 2. The molecule has 8 heteroatoms. The highest BCUT2D eigenvalue weighted by Crippen LogP contribution is 2.23. The maximum absolute atomic E-state index is 12.5. The van der Waals surface area contributed by atoms with Gasteiger partial charge in [0.1, 0.15) is 0 Å². The van der Waals surface area contributed by atoms with Gasteiger partial charge in [-0.1, -0.05) is 13.8 Å². The lowest BCUT2D eigenvalue weighted by molar-refractivity contribution is -0.384. The summed E-state index contributed by atoms with van der Waals surface area (Å²) < 4.78 is 0. The largest absolute Gasteiger partial charge is 0.344 e. The van der Waals surface area contributed by atoms with E-state index in [1.54, 1.807) is 0 Å². The molecule has 2 aromatic rings. The predicted octanol–water partition coefficient (Wildman–Crippen LogP) is 1.57. The highest BCUT2D eigenvalue weighted by molar-refractivity contribution is 6.05. The summed E-state index contributed by atoms with van der Waals surface area (Å²) in [4.78, 5) is 22.8. The average molecular weight is 305 g/mol. The van der Waals surface area contributed by atoms with Crippen LogP contribution in [0, 0.1) is 16.0 Å². The second-order valence-corrected chi connectivity index (χ2v) is 5.79. The van der Waals surface area contributed by atoms with Crippen LogP contribution >= 0.6 is 0 Å². The maximum Gasteiger partial charge on any atom is 0.272 e. The number of H-pyrrole nitrogens is 1. The standard InChI is InChI=1S/C14H19N5O3/c1-8(2)14(3,7-15)16-13(20)12-10-6-9(19(21)22)4-5-11(10)17-18-12/h4-6,8H,7,15H2,1-3H3,(H,16,20)(H,17,18). The smallest absolute Gasteiger partial charge is 0.272 e. The van der Waals surface area contributed by atoms with Crippen molar-refractivity contribution >= 4 is 22.5 Å². The van der Waals surface area contributed by atoms with Gasteiger partial charge < -0.3 is 11.1 Å². The molecule has 1 amide bonds. The molecule has 0 aliphatic carbocycles. The fourth-order valence-electron chi connectivity index (χ4n) is 2.04. The van der Waals surface area contributed by atoms with Crippen LogP contribution in [0.5, 0.6) is 0 Å². The minimum absolute atomic E-state index is 0.0894. The van der Waals surface area contributed by atoms with Crippen LogP contribution in [-0.4, -0.2) is 33.1 Å². The maximum atomic E-state index is 12.5. The monoisotopic (exact) mass is 305 g/mol. The minimum Gasteiger partial charge on any atom is -0.344 e. The zero-order valence-corrected chi connectivity index (χ0v) is 12.7. The Bertz CT molecular complexity index is 724. The highest BCUT2D eigenvalue weighted by Gasteiger charge is 2.30. The van der Waals surface area contributed by atoms with Gasteiger partial charge in [0, 0.05) is 24.1 Å². The number of rotatable bonds is 5. The number of benzene rings is 1. The molecule has 1 unspecified atom stereocenters. The van der Waals surface area contributed by atoms with Crippen molar-refractivity contribution in [2.75, 3.05) is 6.54 Å². The van der Waals surface area contributed by atoms with Crippen molar-refractivity contribution in [2.24, 2.45) is 11.7 Å². The SMILES string of the molecule is CC(C)C(C)(CN)NC(=O)c1n[nH]c2ccc([N+](=O)[O-])cc12. The summed E-state index contributed by atoms with van der Waals surface area (Å²) in [6.07, 6.45) is 0. The molecule has 22 heavy (non-hydrogen) atoms. The van der Waals surface area contributed by atoms with Crippen LogP contribution in [-0.2, 0) is 0 Å². The molecule has 4 N–H and O–H groups in total. The van der Waals surface area contributed by atoms with Crippen LogP contribution in [0.4, 0.5) is 5.69 Å². The first-order valence-corrected chi connectivity index (χ1v) is 6.93. The van der Waals surface area contributed by atoms with E-state index < -0.39 is 16.4 Å². The van der Waals surface area contributed by atoms with E-state index in [9.17, 15) is 14.9 Å². The average Bonchev–Trinajstić information content (AvgIpc) is 2.89. The molecule has 118 valence electrons. The Balaban J connectivity index is 2.40. The molecule has 0 saturated carbocycles. The van der Waals surface area contributed by atoms with Gasteiger partial charge in [0.2, 0.25) is 0 Å². The number of nitro benzene ring substituents is 1. The third-order valence-corrected chi connectivity index (χ3v) is 4.07. The molecule has 1 atom stereocenters. The van der Waals surface area contributed by atoms with E-state index in [2.05, 4.69) is 15.5 Å². The fourth-order valence-corrected chi connectivity index (χ4v) is 2.04. The third kappa shape index (κ3) is 2.77. The summed E-state index contributed by atoms with van der Waals surface area (Å²) in [7, 11) is 0. The number of carbonyl (C=O) groups is 1. The van der Waals surface area contributed by atoms with Gasteiger partial charge in [0.25, 0.3) is 11.6 Å². The number of amides is 1. The highest BCUT2D eigenvalue weighted by atomic mass is 16.6. The summed E-state index contributed by atoms with van der Waals surface area (Å²) in [6.45, 7) is 6.05. The lowest BCUT2D eigenvalue weighted by Gasteiger charge is -2.33. The Morgan fingerprint density at radius 3 is 2.77 bits per heavy atom. The van der Waals surface area contributed by atoms with Crippen molar-refractivity contribution < 1.29 is 9.72 Å². The number of aromatic nitrogens is 2. The van der Waals surface area contributed by atoms with Gasteiger partial charge in [-0.25, -0.2) is 0 Å². The number of carbonyl (C=O) groups excluding carboxylic acids is 1. The van der Waals surface area contributed by atoms with Gasteiger partial charge in [-0.05, 0) is 18.9 Å². The lowest BCUT2D eigenvalue weighted by Crippen LogP contribution is -2.55. The second-order valence-electron chi connectivity index (χ2n) is 5.79. The van der Waals surface area contributed by atoms with E-state index in [-0.39, 0.29) is 23.8 Å². The van der Waals surface area contributed by atoms with E-state index in [0.717, 1.165) is 0 Å². The van der Waals surface area contributed by atoms with E-state index in [0.29, 0.717) is 10.9 Å². The van der Waals surface area contributed by atoms with E-state index in [1.165, 1.54) is 18.2 Å². The molecular weight excluding hydrogens is 286 g/mol. The zero-order valence-electron chi connectivity index (χ0n) is 12.7.